The molecule has 0 saturated carbocycles. The minimum Gasteiger partial charge on any atom is -0.478 e. The second-order valence-corrected chi connectivity index (χ2v) is 2.29. The third-order valence-electron chi connectivity index (χ3n) is 1.41. The van der Waals surface area contributed by atoms with Crippen LogP contribution in [0.4, 0.5) is 0 Å². The Balaban J connectivity index is 3.02. The molecule has 0 radical (unpaired) electrons. The maximum atomic E-state index is 10.5. The monoisotopic (exact) mass is 165 g/mol. The molecule has 1 heterocycles. The molecule has 0 aliphatic carbocycles. The predicted molar refractivity (Wildman–Crippen MR) is 39.5 cm³/mol. The molecule has 1 rings (SSSR count). The lowest BCUT2D eigenvalue weighted by Crippen LogP contribution is -1.96. The van der Waals surface area contributed by atoms with E-state index in [1.165, 1.54) is 10.9 Å². The van der Waals surface area contributed by atoms with Gasteiger partial charge < -0.3 is 5.11 Å². The highest BCUT2D eigenvalue weighted by atomic mass is 16.4. The van der Waals surface area contributed by atoms with Gasteiger partial charge in [-0.05, 0) is 6.92 Å². The van der Waals surface area contributed by atoms with Gasteiger partial charge in [-0.1, -0.05) is 0 Å². The topological polar surface area (TPSA) is 78.9 Å². The van der Waals surface area contributed by atoms with Crippen molar-refractivity contribution in [2.24, 2.45) is 0 Å². The number of nitrogens with zero attached hydrogens (tertiary/aromatic N) is 3. The van der Waals surface area contributed by atoms with Crippen molar-refractivity contribution in [1.29, 1.82) is 5.26 Å². The molecule has 0 saturated heterocycles. The number of aromatic carboxylic acids is 1. The van der Waals surface area contributed by atoms with Crippen molar-refractivity contribution >= 4 is 5.97 Å². The summed E-state index contributed by atoms with van der Waals surface area (Å²) in [5.74, 6) is -1.02. The summed E-state index contributed by atoms with van der Waals surface area (Å²) in [5, 5.41) is 20.7. The fraction of sp³-hybridized carbons (Fsp3) is 0.286. The van der Waals surface area contributed by atoms with Crippen molar-refractivity contribution in [2.75, 3.05) is 0 Å². The lowest BCUT2D eigenvalue weighted by Gasteiger charge is -1.87. The Labute approximate surface area is 68.8 Å². The van der Waals surface area contributed by atoms with Crippen LogP contribution in [0.2, 0.25) is 0 Å². The number of aryl methyl sites for hydroxylation is 1. The second kappa shape index (κ2) is 3.05. The summed E-state index contributed by atoms with van der Waals surface area (Å²) in [6, 6.07) is 1.87. The predicted octanol–water partition coefficient (Wildman–Crippen LogP) is 0.413. The maximum Gasteiger partial charge on any atom is 0.339 e. The summed E-state index contributed by atoms with van der Waals surface area (Å²) in [5.41, 5.74) is 0.572. The van der Waals surface area contributed by atoms with Gasteiger partial charge in [-0.15, -0.1) is 0 Å². The van der Waals surface area contributed by atoms with E-state index in [1.807, 2.05) is 6.07 Å². The molecule has 62 valence electrons. The highest BCUT2D eigenvalue weighted by Crippen LogP contribution is 2.04. The first-order chi connectivity index (χ1) is 5.65. The number of carboxylic acids is 1. The summed E-state index contributed by atoms with van der Waals surface area (Å²) in [6.07, 6.45) is 1.35. The Bertz CT molecular complexity index is 348. The highest BCUT2D eigenvalue weighted by Gasteiger charge is 2.10. The zero-order valence-corrected chi connectivity index (χ0v) is 6.48. The average molecular weight is 165 g/mol. The average Bonchev–Trinajstić information content (AvgIpc) is 2.32. The van der Waals surface area contributed by atoms with E-state index in [2.05, 4.69) is 5.10 Å². The van der Waals surface area contributed by atoms with Crippen LogP contribution in [0, 0.1) is 18.3 Å². The fourth-order valence-corrected chi connectivity index (χ4v) is 0.881. The minimum absolute atomic E-state index is 0.0775. The van der Waals surface area contributed by atoms with Gasteiger partial charge in [0.2, 0.25) is 0 Å². The molecular weight excluding hydrogens is 158 g/mol. The molecule has 1 aromatic heterocycles. The summed E-state index contributed by atoms with van der Waals surface area (Å²) in [6.45, 7) is 1.67. The molecular formula is C7H7N3O2. The number of hydrogen-bond acceptors (Lipinski definition) is 3. The van der Waals surface area contributed by atoms with Gasteiger partial charge in [0.05, 0.1) is 11.8 Å². The Hall–Kier alpha value is -1.83. The lowest BCUT2D eigenvalue weighted by molar-refractivity contribution is 0.0696. The van der Waals surface area contributed by atoms with Crippen molar-refractivity contribution in [3.8, 4) is 6.07 Å². The Morgan fingerprint density at radius 2 is 2.58 bits per heavy atom. The standard InChI is InChI=1S/C7H7N3O2/c1-5-6(7(11)12)4-10(9-5)3-2-8/h4H,3H2,1H3,(H,11,12). The Morgan fingerprint density at radius 1 is 1.92 bits per heavy atom. The molecule has 0 aliphatic rings. The quantitative estimate of drug-likeness (QED) is 0.688. The van der Waals surface area contributed by atoms with Crippen molar-refractivity contribution < 1.29 is 9.90 Å². The first-order valence-electron chi connectivity index (χ1n) is 3.29. The van der Waals surface area contributed by atoms with E-state index in [9.17, 15) is 4.79 Å². The van der Waals surface area contributed by atoms with Gasteiger partial charge in [0, 0.05) is 6.20 Å². The van der Waals surface area contributed by atoms with Gasteiger partial charge in [0.1, 0.15) is 12.1 Å². The second-order valence-electron chi connectivity index (χ2n) is 2.29. The zero-order valence-electron chi connectivity index (χ0n) is 6.48. The fourth-order valence-electron chi connectivity index (χ4n) is 0.881. The molecule has 0 spiro atoms. The molecule has 0 atom stereocenters. The van der Waals surface area contributed by atoms with Gasteiger partial charge in [-0.25, -0.2) is 4.79 Å². The van der Waals surface area contributed by atoms with Crippen LogP contribution in [-0.4, -0.2) is 20.9 Å². The molecule has 0 amide bonds. The number of carboxylic acid groups (broad SMARTS) is 1. The number of hydrogen-bond donors (Lipinski definition) is 1. The molecule has 5 heteroatoms. The highest BCUT2D eigenvalue weighted by molar-refractivity contribution is 5.88. The SMILES string of the molecule is Cc1nn(CC#N)cc1C(=O)O. The normalized spacial score (nSPS) is 9.33. The van der Waals surface area contributed by atoms with Crippen LogP contribution in [0.1, 0.15) is 16.1 Å². The van der Waals surface area contributed by atoms with E-state index >= 15 is 0 Å². The summed E-state index contributed by atoms with van der Waals surface area (Å²) in [7, 11) is 0. The Kier molecular flexibility index (Phi) is 2.10. The van der Waals surface area contributed by atoms with E-state index in [-0.39, 0.29) is 12.1 Å². The molecule has 0 aromatic carbocycles. The third kappa shape index (κ3) is 1.42. The van der Waals surface area contributed by atoms with Gasteiger partial charge >= 0.3 is 5.97 Å². The van der Waals surface area contributed by atoms with Gasteiger partial charge in [-0.2, -0.15) is 10.4 Å². The number of carbonyl (C=O) groups is 1. The van der Waals surface area contributed by atoms with E-state index in [1.54, 1.807) is 6.92 Å². The minimum atomic E-state index is -1.02. The summed E-state index contributed by atoms with van der Waals surface area (Å²) >= 11 is 0. The molecule has 0 bridgehead atoms. The van der Waals surface area contributed by atoms with Crippen LogP contribution < -0.4 is 0 Å². The third-order valence-corrected chi connectivity index (χ3v) is 1.41. The van der Waals surface area contributed by atoms with Crippen molar-refractivity contribution in [1.82, 2.24) is 9.78 Å². The van der Waals surface area contributed by atoms with Gasteiger partial charge in [0.15, 0.2) is 0 Å². The van der Waals surface area contributed by atoms with Crippen LogP contribution in [0.15, 0.2) is 6.20 Å². The molecule has 0 fully saturated rings. The lowest BCUT2D eigenvalue weighted by atomic mass is 10.3. The number of rotatable bonds is 2. The van der Waals surface area contributed by atoms with Crippen LogP contribution in [-0.2, 0) is 6.54 Å². The van der Waals surface area contributed by atoms with Crippen LogP contribution in [0.3, 0.4) is 0 Å². The van der Waals surface area contributed by atoms with Crippen molar-refractivity contribution in [3.63, 3.8) is 0 Å². The van der Waals surface area contributed by atoms with E-state index < -0.39 is 5.97 Å². The molecule has 0 unspecified atom stereocenters. The zero-order chi connectivity index (χ0) is 9.14. The largest absolute Gasteiger partial charge is 0.478 e. The van der Waals surface area contributed by atoms with Crippen molar-refractivity contribution in [3.05, 3.63) is 17.5 Å². The first kappa shape index (κ1) is 8.27. The van der Waals surface area contributed by atoms with E-state index in [0.29, 0.717) is 5.69 Å². The maximum absolute atomic E-state index is 10.5. The van der Waals surface area contributed by atoms with Crippen molar-refractivity contribution in [2.45, 2.75) is 13.5 Å². The first-order valence-corrected chi connectivity index (χ1v) is 3.29. The van der Waals surface area contributed by atoms with Gasteiger partial charge in [-0.3, -0.25) is 4.68 Å². The molecule has 1 N–H and O–H groups in total. The van der Waals surface area contributed by atoms with Crippen LogP contribution >= 0.6 is 0 Å². The number of nitriles is 1. The van der Waals surface area contributed by atoms with Crippen LogP contribution in [0.5, 0.6) is 0 Å². The molecule has 1 aromatic rings. The van der Waals surface area contributed by atoms with Gasteiger partial charge in [0.25, 0.3) is 0 Å². The molecule has 12 heavy (non-hydrogen) atoms. The molecule has 0 aliphatic heterocycles. The van der Waals surface area contributed by atoms with E-state index in [4.69, 9.17) is 10.4 Å². The summed E-state index contributed by atoms with van der Waals surface area (Å²) in [4.78, 5) is 10.5. The van der Waals surface area contributed by atoms with E-state index in [0.717, 1.165) is 0 Å². The number of aromatic nitrogens is 2. The van der Waals surface area contributed by atoms with Crippen LogP contribution in [0.25, 0.3) is 0 Å². The summed E-state index contributed by atoms with van der Waals surface area (Å²) < 4.78 is 1.30. The molecule has 5 nitrogen and oxygen atoms in total. The smallest absolute Gasteiger partial charge is 0.339 e. The Morgan fingerprint density at radius 3 is 3.00 bits per heavy atom.